The van der Waals surface area contributed by atoms with Crippen LogP contribution in [-0.2, 0) is 11.9 Å². The maximum atomic E-state index is 8.79. The van der Waals surface area contributed by atoms with Gasteiger partial charge in [-0.25, -0.2) is 0 Å². The van der Waals surface area contributed by atoms with E-state index in [9.17, 15) is 0 Å². The predicted molar refractivity (Wildman–Crippen MR) is 84.6 cm³/mol. The quantitative estimate of drug-likeness (QED) is 0.680. The van der Waals surface area contributed by atoms with E-state index in [-0.39, 0.29) is 0 Å². The largest absolute Gasteiger partial charge is 0.487 e. The summed E-state index contributed by atoms with van der Waals surface area (Å²) in [6, 6.07) is 12.8. The lowest BCUT2D eigenvalue weighted by Crippen LogP contribution is -1.97. The summed E-state index contributed by atoms with van der Waals surface area (Å²) in [5.74, 6) is 0.608. The van der Waals surface area contributed by atoms with Crippen LogP contribution in [0.15, 0.2) is 36.4 Å². The maximum absolute atomic E-state index is 8.79. The summed E-state index contributed by atoms with van der Waals surface area (Å²) in [5.41, 5.74) is 2.42. The molecule has 0 radical (unpaired) electrons. The third-order valence-electron chi connectivity index (χ3n) is 2.72. The lowest BCUT2D eigenvalue weighted by molar-refractivity contribution is 0.306. The SMILES string of the molecule is N#Cc1ccc(COc2ccc(CBr)cc2Cl)c(Cl)c1. The summed E-state index contributed by atoms with van der Waals surface area (Å²) >= 11 is 15.6. The summed E-state index contributed by atoms with van der Waals surface area (Å²) in [6.45, 7) is 0.303. The summed E-state index contributed by atoms with van der Waals surface area (Å²) in [4.78, 5) is 0. The van der Waals surface area contributed by atoms with E-state index in [1.54, 1.807) is 18.2 Å². The van der Waals surface area contributed by atoms with Gasteiger partial charge in [0.1, 0.15) is 12.4 Å². The van der Waals surface area contributed by atoms with E-state index in [4.69, 9.17) is 33.2 Å². The van der Waals surface area contributed by atoms with Gasteiger partial charge in [0.15, 0.2) is 0 Å². The van der Waals surface area contributed by atoms with Crippen molar-refractivity contribution in [2.75, 3.05) is 0 Å². The molecule has 0 amide bonds. The van der Waals surface area contributed by atoms with Gasteiger partial charge in [-0.3, -0.25) is 0 Å². The fourth-order valence-electron chi connectivity index (χ4n) is 1.63. The molecule has 0 saturated carbocycles. The minimum atomic E-state index is 0.303. The molecule has 2 nitrogen and oxygen atoms in total. The highest BCUT2D eigenvalue weighted by atomic mass is 79.9. The highest BCUT2D eigenvalue weighted by molar-refractivity contribution is 9.08. The minimum absolute atomic E-state index is 0.303. The van der Waals surface area contributed by atoms with Crippen molar-refractivity contribution in [1.29, 1.82) is 5.26 Å². The van der Waals surface area contributed by atoms with Crippen molar-refractivity contribution in [2.24, 2.45) is 0 Å². The average molecular weight is 371 g/mol. The van der Waals surface area contributed by atoms with Gasteiger partial charge in [0, 0.05) is 15.9 Å². The molecule has 0 aliphatic heterocycles. The van der Waals surface area contributed by atoms with Crippen LogP contribution in [-0.4, -0.2) is 0 Å². The normalized spacial score (nSPS) is 10.1. The zero-order valence-electron chi connectivity index (χ0n) is 10.4. The van der Waals surface area contributed by atoms with Crippen LogP contribution in [0.25, 0.3) is 0 Å². The van der Waals surface area contributed by atoms with Crippen molar-refractivity contribution >= 4 is 39.1 Å². The zero-order chi connectivity index (χ0) is 14.5. The van der Waals surface area contributed by atoms with E-state index in [1.165, 1.54) is 0 Å². The van der Waals surface area contributed by atoms with Crippen molar-refractivity contribution in [3.8, 4) is 11.8 Å². The lowest BCUT2D eigenvalue weighted by Gasteiger charge is -2.10. The Balaban J connectivity index is 2.11. The van der Waals surface area contributed by atoms with Crippen LogP contribution in [0, 0.1) is 11.3 Å². The van der Waals surface area contributed by atoms with Crippen LogP contribution in [0.5, 0.6) is 5.75 Å². The number of ether oxygens (including phenoxy) is 1. The first-order valence-electron chi connectivity index (χ1n) is 5.79. The monoisotopic (exact) mass is 369 g/mol. The van der Waals surface area contributed by atoms with Crippen molar-refractivity contribution in [3.05, 3.63) is 63.1 Å². The minimum Gasteiger partial charge on any atom is -0.487 e. The van der Waals surface area contributed by atoms with E-state index in [2.05, 4.69) is 15.9 Å². The Morgan fingerprint density at radius 3 is 2.50 bits per heavy atom. The van der Waals surface area contributed by atoms with E-state index in [0.29, 0.717) is 28.0 Å². The number of nitriles is 1. The Morgan fingerprint density at radius 1 is 1.10 bits per heavy atom. The molecule has 0 saturated heterocycles. The highest BCUT2D eigenvalue weighted by Gasteiger charge is 2.06. The summed E-state index contributed by atoms with van der Waals surface area (Å²) in [5, 5.41) is 10.6. The second kappa shape index (κ2) is 6.99. The first-order chi connectivity index (χ1) is 9.63. The topological polar surface area (TPSA) is 33.0 Å². The molecule has 0 spiro atoms. The van der Waals surface area contributed by atoms with Crippen LogP contribution in [0.4, 0.5) is 0 Å². The number of rotatable bonds is 4. The van der Waals surface area contributed by atoms with Crippen LogP contribution >= 0.6 is 39.1 Å². The molecule has 2 aromatic carbocycles. The third kappa shape index (κ3) is 3.67. The van der Waals surface area contributed by atoms with Crippen LogP contribution in [0.3, 0.4) is 0 Å². The average Bonchev–Trinajstić information content (AvgIpc) is 2.46. The molecule has 0 aliphatic rings. The molecule has 0 aliphatic carbocycles. The van der Waals surface area contributed by atoms with Gasteiger partial charge in [-0.2, -0.15) is 5.26 Å². The maximum Gasteiger partial charge on any atom is 0.138 e. The first-order valence-corrected chi connectivity index (χ1v) is 7.67. The van der Waals surface area contributed by atoms with Crippen LogP contribution < -0.4 is 4.74 Å². The van der Waals surface area contributed by atoms with Crippen molar-refractivity contribution < 1.29 is 4.74 Å². The molecule has 0 fully saturated rings. The van der Waals surface area contributed by atoms with Gasteiger partial charge < -0.3 is 4.74 Å². The number of alkyl halides is 1. The Bertz CT molecular complexity index is 667. The molecule has 20 heavy (non-hydrogen) atoms. The van der Waals surface area contributed by atoms with Crippen molar-refractivity contribution in [1.82, 2.24) is 0 Å². The lowest BCUT2D eigenvalue weighted by atomic mass is 10.1. The molecule has 2 aromatic rings. The Morgan fingerprint density at radius 2 is 1.90 bits per heavy atom. The molecule has 0 bridgehead atoms. The van der Waals surface area contributed by atoms with E-state index in [0.717, 1.165) is 16.5 Å². The number of hydrogen-bond acceptors (Lipinski definition) is 2. The Labute approximate surface area is 136 Å². The molecule has 5 heteroatoms. The van der Waals surface area contributed by atoms with Crippen molar-refractivity contribution in [3.63, 3.8) is 0 Å². The summed E-state index contributed by atoms with van der Waals surface area (Å²) in [7, 11) is 0. The smallest absolute Gasteiger partial charge is 0.138 e. The Hall–Kier alpha value is -1.21. The molecular weight excluding hydrogens is 361 g/mol. The van der Waals surface area contributed by atoms with E-state index >= 15 is 0 Å². The van der Waals surface area contributed by atoms with Gasteiger partial charge in [0.2, 0.25) is 0 Å². The molecule has 0 unspecified atom stereocenters. The Kier molecular flexibility index (Phi) is 5.31. The standard InChI is InChI=1S/C15H10BrCl2NO/c16-7-10-2-4-15(14(18)5-10)20-9-12-3-1-11(8-19)6-13(12)17/h1-6H,7,9H2. The fourth-order valence-corrected chi connectivity index (χ4v) is 2.48. The van der Waals surface area contributed by atoms with Gasteiger partial charge in [-0.15, -0.1) is 0 Å². The molecule has 0 N–H and O–H groups in total. The fraction of sp³-hybridized carbons (Fsp3) is 0.133. The number of nitrogens with zero attached hydrogens (tertiary/aromatic N) is 1. The second-order valence-corrected chi connectivity index (χ2v) is 5.48. The molecular formula is C15H10BrCl2NO. The number of hydrogen-bond donors (Lipinski definition) is 0. The molecule has 2 rings (SSSR count). The summed E-state index contributed by atoms with van der Waals surface area (Å²) in [6.07, 6.45) is 0. The number of halogens is 3. The van der Waals surface area contributed by atoms with Gasteiger partial charge in [0.25, 0.3) is 0 Å². The van der Waals surface area contributed by atoms with E-state index < -0.39 is 0 Å². The second-order valence-electron chi connectivity index (χ2n) is 4.11. The summed E-state index contributed by atoms with van der Waals surface area (Å²) < 4.78 is 5.66. The van der Waals surface area contributed by atoms with Gasteiger partial charge in [0.05, 0.1) is 16.7 Å². The first kappa shape index (κ1) is 15.2. The van der Waals surface area contributed by atoms with Gasteiger partial charge >= 0.3 is 0 Å². The molecule has 102 valence electrons. The number of benzene rings is 2. The van der Waals surface area contributed by atoms with Crippen LogP contribution in [0.1, 0.15) is 16.7 Å². The highest BCUT2D eigenvalue weighted by Crippen LogP contribution is 2.28. The van der Waals surface area contributed by atoms with Crippen LogP contribution in [0.2, 0.25) is 10.0 Å². The molecule has 0 aromatic heterocycles. The van der Waals surface area contributed by atoms with Crippen molar-refractivity contribution in [2.45, 2.75) is 11.9 Å². The van der Waals surface area contributed by atoms with Gasteiger partial charge in [-0.1, -0.05) is 51.3 Å². The van der Waals surface area contributed by atoms with E-state index in [1.807, 2.05) is 24.3 Å². The molecule has 0 heterocycles. The third-order valence-corrected chi connectivity index (χ3v) is 4.01. The predicted octanol–water partition coefficient (Wildman–Crippen LogP) is 5.34. The van der Waals surface area contributed by atoms with Gasteiger partial charge in [-0.05, 0) is 29.8 Å². The zero-order valence-corrected chi connectivity index (χ0v) is 13.5. The molecule has 0 atom stereocenters.